The summed E-state index contributed by atoms with van der Waals surface area (Å²) in [5, 5.41) is 18.8. The average Bonchev–Trinajstić information content (AvgIpc) is 2.82. The summed E-state index contributed by atoms with van der Waals surface area (Å²) in [4.78, 5) is 0. The highest BCUT2D eigenvalue weighted by atomic mass is 19.1. The maximum Gasteiger partial charge on any atom is 0.124 e. The van der Waals surface area contributed by atoms with Gasteiger partial charge in [-0.25, -0.2) is 4.39 Å². The molecule has 1 aliphatic carbocycles. The van der Waals surface area contributed by atoms with Gasteiger partial charge in [-0.1, -0.05) is 0 Å². The minimum Gasteiger partial charge on any atom is -0.388 e. The lowest BCUT2D eigenvalue weighted by Gasteiger charge is -2.16. The van der Waals surface area contributed by atoms with E-state index in [9.17, 15) is 9.50 Å². The van der Waals surface area contributed by atoms with E-state index >= 15 is 0 Å². The van der Waals surface area contributed by atoms with Gasteiger partial charge in [-0.2, -0.15) is 5.26 Å². The summed E-state index contributed by atoms with van der Waals surface area (Å²) in [7, 11) is 0. The number of nitriles is 1. The number of aromatic nitrogens is 1. The van der Waals surface area contributed by atoms with Crippen molar-refractivity contribution in [2.45, 2.75) is 31.9 Å². The molecule has 20 heavy (non-hydrogen) atoms. The van der Waals surface area contributed by atoms with Crippen molar-refractivity contribution in [2.24, 2.45) is 0 Å². The minimum atomic E-state index is -0.393. The smallest absolute Gasteiger partial charge is 0.124 e. The first-order valence-electron chi connectivity index (χ1n) is 6.72. The van der Waals surface area contributed by atoms with E-state index in [2.05, 4.69) is 0 Å². The summed E-state index contributed by atoms with van der Waals surface area (Å²) in [5.41, 5.74) is 3.23. The fourth-order valence-electron chi connectivity index (χ4n) is 2.83. The molecule has 1 atom stereocenters. The van der Waals surface area contributed by atoms with Gasteiger partial charge in [0.2, 0.25) is 0 Å². The number of nitrogens with zero attached hydrogens (tertiary/aromatic N) is 2. The van der Waals surface area contributed by atoms with Crippen LogP contribution in [0.1, 0.15) is 41.2 Å². The SMILES string of the molecule is N#Cc1cc(F)cc(Cn2cc3c(c2)C(O)CCC3)c1. The molecule has 0 radical (unpaired) electrons. The van der Waals surface area contributed by atoms with Gasteiger partial charge in [0.25, 0.3) is 0 Å². The van der Waals surface area contributed by atoms with Crippen LogP contribution in [0.4, 0.5) is 4.39 Å². The third-order valence-electron chi connectivity index (χ3n) is 3.73. The highest BCUT2D eigenvalue weighted by Crippen LogP contribution is 2.30. The van der Waals surface area contributed by atoms with Crippen LogP contribution >= 0.6 is 0 Å². The summed E-state index contributed by atoms with van der Waals surface area (Å²) in [6.07, 6.45) is 6.32. The molecule has 1 N–H and O–H groups in total. The zero-order valence-electron chi connectivity index (χ0n) is 11.0. The average molecular weight is 270 g/mol. The van der Waals surface area contributed by atoms with E-state index in [1.807, 2.05) is 23.0 Å². The van der Waals surface area contributed by atoms with Crippen molar-refractivity contribution < 1.29 is 9.50 Å². The van der Waals surface area contributed by atoms with Gasteiger partial charge in [-0.3, -0.25) is 0 Å². The molecule has 2 aromatic rings. The maximum absolute atomic E-state index is 13.4. The fraction of sp³-hybridized carbons (Fsp3) is 0.312. The lowest BCUT2D eigenvalue weighted by atomic mass is 9.93. The molecule has 3 nitrogen and oxygen atoms in total. The Hall–Kier alpha value is -2.12. The lowest BCUT2D eigenvalue weighted by Crippen LogP contribution is -2.05. The van der Waals surface area contributed by atoms with Crippen molar-refractivity contribution >= 4 is 0 Å². The molecule has 4 heteroatoms. The van der Waals surface area contributed by atoms with Crippen molar-refractivity contribution in [3.05, 3.63) is 58.7 Å². The van der Waals surface area contributed by atoms with Crippen LogP contribution in [0.15, 0.2) is 30.6 Å². The van der Waals surface area contributed by atoms with Crippen LogP contribution < -0.4 is 0 Å². The normalized spacial score (nSPS) is 17.6. The maximum atomic E-state index is 13.4. The summed E-state index contributed by atoms with van der Waals surface area (Å²) < 4.78 is 15.4. The Kier molecular flexibility index (Phi) is 3.29. The van der Waals surface area contributed by atoms with Gasteiger partial charge in [0.05, 0.1) is 17.7 Å². The Morgan fingerprint density at radius 3 is 2.95 bits per heavy atom. The molecule has 1 aromatic carbocycles. The molecule has 0 bridgehead atoms. The summed E-state index contributed by atoms with van der Waals surface area (Å²) in [5.74, 6) is -0.393. The molecule has 1 unspecified atom stereocenters. The highest BCUT2D eigenvalue weighted by molar-refractivity contribution is 5.35. The molecule has 0 fully saturated rings. The molecule has 0 aliphatic heterocycles. The standard InChI is InChI=1S/C16H15FN2O/c17-14-5-11(7-18)4-12(6-14)8-19-9-13-2-1-3-16(20)15(13)10-19/h4-6,9-10,16,20H,1-3,8H2. The third-order valence-corrected chi connectivity index (χ3v) is 3.73. The molecule has 0 amide bonds. The second-order valence-electron chi connectivity index (χ2n) is 5.28. The zero-order valence-corrected chi connectivity index (χ0v) is 11.0. The third kappa shape index (κ3) is 2.45. The molecule has 1 aromatic heterocycles. The zero-order chi connectivity index (χ0) is 14.1. The van der Waals surface area contributed by atoms with Gasteiger partial charge in [0.1, 0.15) is 5.82 Å². The predicted octanol–water partition coefficient (Wildman–Crippen LogP) is 2.92. The Balaban J connectivity index is 1.89. The summed E-state index contributed by atoms with van der Waals surface area (Å²) in [6, 6.07) is 6.32. The first-order chi connectivity index (χ1) is 9.65. The van der Waals surface area contributed by atoms with E-state index in [-0.39, 0.29) is 6.10 Å². The molecule has 102 valence electrons. The molecule has 1 aliphatic rings. The minimum absolute atomic E-state index is 0.331. The number of hydrogen-bond acceptors (Lipinski definition) is 2. The second kappa shape index (κ2) is 5.10. The number of halogens is 1. The van der Waals surface area contributed by atoms with E-state index in [0.717, 1.165) is 30.4 Å². The first-order valence-corrected chi connectivity index (χ1v) is 6.72. The molecule has 3 rings (SSSR count). The molecule has 0 saturated heterocycles. The Bertz CT molecular complexity index is 684. The van der Waals surface area contributed by atoms with E-state index in [4.69, 9.17) is 5.26 Å². The van der Waals surface area contributed by atoms with Crippen LogP contribution in [-0.2, 0) is 13.0 Å². The van der Waals surface area contributed by atoms with Gasteiger partial charge >= 0.3 is 0 Å². The predicted molar refractivity (Wildman–Crippen MR) is 72.5 cm³/mol. The first kappa shape index (κ1) is 12.9. The van der Waals surface area contributed by atoms with Gasteiger partial charge < -0.3 is 9.67 Å². The van der Waals surface area contributed by atoms with E-state index in [1.54, 1.807) is 6.07 Å². The molecule has 1 heterocycles. The number of aliphatic hydroxyl groups is 1. The Morgan fingerprint density at radius 2 is 2.20 bits per heavy atom. The van der Waals surface area contributed by atoms with Gasteiger partial charge in [-0.15, -0.1) is 0 Å². The summed E-state index contributed by atoms with van der Waals surface area (Å²) >= 11 is 0. The number of hydrogen-bond donors (Lipinski definition) is 1. The van der Waals surface area contributed by atoms with Crippen LogP contribution in [0.2, 0.25) is 0 Å². The number of aryl methyl sites for hydroxylation is 1. The number of benzene rings is 1. The largest absolute Gasteiger partial charge is 0.388 e. The quantitative estimate of drug-likeness (QED) is 0.912. The van der Waals surface area contributed by atoms with Gasteiger partial charge in [0, 0.05) is 24.5 Å². The Morgan fingerprint density at radius 1 is 1.35 bits per heavy atom. The van der Waals surface area contributed by atoms with Crippen LogP contribution in [0.3, 0.4) is 0 Å². The van der Waals surface area contributed by atoms with E-state index in [1.165, 1.54) is 17.7 Å². The van der Waals surface area contributed by atoms with E-state index < -0.39 is 5.82 Å². The second-order valence-corrected chi connectivity index (χ2v) is 5.28. The van der Waals surface area contributed by atoms with E-state index in [0.29, 0.717) is 12.1 Å². The number of aliphatic hydroxyl groups excluding tert-OH is 1. The number of rotatable bonds is 2. The van der Waals surface area contributed by atoms with Crippen LogP contribution in [0.5, 0.6) is 0 Å². The topological polar surface area (TPSA) is 49.0 Å². The molecule has 0 spiro atoms. The van der Waals surface area contributed by atoms with Crippen molar-refractivity contribution in [3.8, 4) is 6.07 Å². The van der Waals surface area contributed by atoms with Crippen molar-refractivity contribution in [1.29, 1.82) is 5.26 Å². The van der Waals surface area contributed by atoms with Gasteiger partial charge in [0.15, 0.2) is 0 Å². The summed E-state index contributed by atoms with van der Waals surface area (Å²) in [6.45, 7) is 0.506. The monoisotopic (exact) mass is 270 g/mol. The van der Waals surface area contributed by atoms with Crippen molar-refractivity contribution in [1.82, 2.24) is 4.57 Å². The van der Waals surface area contributed by atoms with Crippen molar-refractivity contribution in [3.63, 3.8) is 0 Å². The van der Waals surface area contributed by atoms with Crippen LogP contribution in [-0.4, -0.2) is 9.67 Å². The van der Waals surface area contributed by atoms with Crippen LogP contribution in [0, 0.1) is 17.1 Å². The van der Waals surface area contributed by atoms with Gasteiger partial charge in [-0.05, 0) is 48.6 Å². The molecule has 0 saturated carbocycles. The van der Waals surface area contributed by atoms with Crippen molar-refractivity contribution in [2.75, 3.05) is 0 Å². The Labute approximate surface area is 116 Å². The lowest BCUT2D eigenvalue weighted by molar-refractivity contribution is 0.157. The van der Waals surface area contributed by atoms with Crippen LogP contribution in [0.25, 0.3) is 0 Å². The fourth-order valence-corrected chi connectivity index (χ4v) is 2.83. The molecular formula is C16H15FN2O. The molecular weight excluding hydrogens is 255 g/mol. The highest BCUT2D eigenvalue weighted by Gasteiger charge is 2.19. The number of fused-ring (bicyclic) bond motifs is 1.